The second-order valence-corrected chi connectivity index (χ2v) is 10.5. The van der Waals surface area contributed by atoms with Crippen LogP contribution in [-0.2, 0) is 36.4 Å². The number of carboxylic acids is 1. The number of rotatable bonds is 7. The highest BCUT2D eigenvalue weighted by atomic mass is 19.3. The fraction of sp³-hybridized carbons (Fsp3) is 0.370. The zero-order valence-electron chi connectivity index (χ0n) is 21.0. The first-order valence-corrected chi connectivity index (χ1v) is 12.3. The average Bonchev–Trinajstić information content (AvgIpc) is 3.31. The largest absolute Gasteiger partial charge is 0.586 e. The molecule has 1 saturated heterocycles. The monoisotopic (exact) mass is 542 g/mol. The molecule has 1 atom stereocenters. The van der Waals surface area contributed by atoms with E-state index in [-0.39, 0.29) is 30.6 Å². The molecule has 3 aliphatic rings. The van der Waals surface area contributed by atoms with Gasteiger partial charge in [0.25, 0.3) is 0 Å². The number of hydrogen-bond acceptors (Lipinski definition) is 7. The summed E-state index contributed by atoms with van der Waals surface area (Å²) in [5.74, 6) is -1.54. The van der Waals surface area contributed by atoms with E-state index < -0.39 is 35.4 Å². The van der Waals surface area contributed by atoms with Crippen LogP contribution in [-0.4, -0.2) is 46.7 Å². The number of hydrogen-bond donors (Lipinski definition) is 2. The Labute approximate surface area is 220 Å². The van der Waals surface area contributed by atoms with Gasteiger partial charge in [0.05, 0.1) is 12.0 Å². The number of carbonyl (C=O) groups excluding carboxylic acids is 2. The van der Waals surface area contributed by atoms with Crippen LogP contribution in [0.15, 0.2) is 42.5 Å². The van der Waals surface area contributed by atoms with Crippen LogP contribution < -0.4 is 14.8 Å². The number of amides is 1. The molecule has 1 aliphatic carbocycles. The molecule has 1 unspecified atom stereocenters. The van der Waals surface area contributed by atoms with Crippen molar-refractivity contribution in [1.82, 2.24) is 4.57 Å². The van der Waals surface area contributed by atoms with Crippen molar-refractivity contribution in [2.75, 3.05) is 11.9 Å². The molecule has 3 heterocycles. The van der Waals surface area contributed by atoms with Crippen LogP contribution >= 0.6 is 0 Å². The van der Waals surface area contributed by atoms with Crippen molar-refractivity contribution >= 4 is 34.6 Å². The van der Waals surface area contributed by atoms with E-state index in [0.29, 0.717) is 40.7 Å². The maximum Gasteiger partial charge on any atom is 0.586 e. The number of benzene rings is 2. The number of cyclic esters (lactones) is 2. The third-order valence-electron chi connectivity index (χ3n) is 7.51. The van der Waals surface area contributed by atoms with E-state index in [0.717, 1.165) is 0 Å². The first-order valence-electron chi connectivity index (χ1n) is 12.3. The molecule has 0 bridgehead atoms. The lowest BCUT2D eigenvalue weighted by Gasteiger charge is -2.23. The van der Waals surface area contributed by atoms with Crippen LogP contribution in [0.2, 0.25) is 0 Å². The smallest absolute Gasteiger partial charge is 0.481 e. The fourth-order valence-corrected chi connectivity index (χ4v) is 5.10. The number of aromatic nitrogens is 1. The lowest BCUT2D eigenvalue weighted by atomic mass is 9.89. The van der Waals surface area contributed by atoms with Crippen LogP contribution in [0, 0.1) is 0 Å². The number of aliphatic carboxylic acids is 1. The standard InChI is InChI=1S/C27H24F2N2O8/c1-25(2,23(33)34)21-10-14-9-16(4-5-18(14)31(21)12-17-13-36-24(35)37-17)30-22(32)26(7-8-26)15-3-6-19-20(11-15)39-27(28,29)38-19/h3-6,9-11,17H,7-8,12-13H2,1-2H3,(H,30,32)(H,33,34). The van der Waals surface area contributed by atoms with Gasteiger partial charge < -0.3 is 33.9 Å². The van der Waals surface area contributed by atoms with E-state index in [1.165, 1.54) is 12.1 Å². The van der Waals surface area contributed by atoms with Gasteiger partial charge in [-0.2, -0.15) is 0 Å². The Hall–Kier alpha value is -4.35. The molecule has 2 aliphatic heterocycles. The predicted molar refractivity (Wildman–Crippen MR) is 131 cm³/mol. The molecule has 2 aromatic carbocycles. The summed E-state index contributed by atoms with van der Waals surface area (Å²) < 4.78 is 47.7. The zero-order chi connectivity index (χ0) is 27.7. The number of nitrogens with zero attached hydrogens (tertiary/aromatic N) is 1. The zero-order valence-corrected chi connectivity index (χ0v) is 21.0. The predicted octanol–water partition coefficient (Wildman–Crippen LogP) is 4.53. The highest BCUT2D eigenvalue weighted by Gasteiger charge is 2.53. The summed E-state index contributed by atoms with van der Waals surface area (Å²) in [6.45, 7) is 3.41. The molecule has 204 valence electrons. The van der Waals surface area contributed by atoms with Crippen molar-refractivity contribution < 1.29 is 47.2 Å². The normalized spacial score (nSPS) is 20.4. The Kier molecular flexibility index (Phi) is 5.33. The first-order chi connectivity index (χ1) is 18.4. The van der Waals surface area contributed by atoms with E-state index in [1.807, 2.05) is 0 Å². The number of halogens is 2. The number of anilines is 1. The van der Waals surface area contributed by atoms with E-state index >= 15 is 0 Å². The summed E-state index contributed by atoms with van der Waals surface area (Å²) in [6, 6.07) is 11.3. The van der Waals surface area contributed by atoms with Crippen molar-refractivity contribution in [2.45, 2.75) is 56.5 Å². The van der Waals surface area contributed by atoms with Crippen LogP contribution in [0.4, 0.5) is 19.3 Å². The van der Waals surface area contributed by atoms with Crippen LogP contribution in [0.25, 0.3) is 10.9 Å². The molecule has 6 rings (SSSR count). The van der Waals surface area contributed by atoms with Crippen molar-refractivity contribution in [3.05, 3.63) is 53.7 Å². The molecule has 1 aromatic heterocycles. The quantitative estimate of drug-likeness (QED) is 0.417. The summed E-state index contributed by atoms with van der Waals surface area (Å²) in [6.07, 6.45) is -4.02. The maximum atomic E-state index is 13.4. The highest BCUT2D eigenvalue weighted by molar-refractivity contribution is 6.02. The summed E-state index contributed by atoms with van der Waals surface area (Å²) >= 11 is 0. The molecule has 2 N–H and O–H groups in total. The number of nitrogens with one attached hydrogen (secondary N) is 1. The van der Waals surface area contributed by atoms with Gasteiger partial charge in [0.2, 0.25) is 5.91 Å². The third kappa shape index (κ3) is 4.19. The SMILES string of the molecule is CC(C)(C(=O)O)c1cc2cc(NC(=O)C3(c4ccc5c(c4)OC(F)(F)O5)CC3)ccc2n1CC1COC(=O)O1. The van der Waals surface area contributed by atoms with Crippen molar-refractivity contribution in [1.29, 1.82) is 0 Å². The molecule has 3 aromatic rings. The third-order valence-corrected chi connectivity index (χ3v) is 7.51. The Balaban J connectivity index is 1.29. The van der Waals surface area contributed by atoms with E-state index in [2.05, 4.69) is 14.8 Å². The number of alkyl halides is 2. The fourth-order valence-electron chi connectivity index (χ4n) is 5.10. The first kappa shape index (κ1) is 25.0. The molecular weight excluding hydrogens is 518 g/mol. The Morgan fingerprint density at radius 1 is 1.10 bits per heavy atom. The van der Waals surface area contributed by atoms with Gasteiger partial charge >= 0.3 is 18.4 Å². The van der Waals surface area contributed by atoms with Gasteiger partial charge in [-0.1, -0.05) is 6.07 Å². The van der Waals surface area contributed by atoms with Crippen LogP contribution in [0.3, 0.4) is 0 Å². The molecule has 12 heteroatoms. The lowest BCUT2D eigenvalue weighted by Crippen LogP contribution is -2.33. The summed E-state index contributed by atoms with van der Waals surface area (Å²) in [5.41, 5.74) is 0.0649. The molecule has 0 spiro atoms. The maximum absolute atomic E-state index is 13.4. The second-order valence-electron chi connectivity index (χ2n) is 10.5. The molecule has 39 heavy (non-hydrogen) atoms. The van der Waals surface area contributed by atoms with E-state index in [1.54, 1.807) is 48.7 Å². The van der Waals surface area contributed by atoms with E-state index in [4.69, 9.17) is 9.47 Å². The molecule has 1 saturated carbocycles. The lowest BCUT2D eigenvalue weighted by molar-refractivity contribution is -0.286. The summed E-state index contributed by atoms with van der Waals surface area (Å²) in [5, 5.41) is 13.5. The number of carboxylic acid groups (broad SMARTS) is 1. The Bertz CT molecular complexity index is 1540. The van der Waals surface area contributed by atoms with Gasteiger partial charge in [-0.05, 0) is 68.7 Å². The van der Waals surface area contributed by atoms with Crippen LogP contribution in [0.5, 0.6) is 11.5 Å². The Morgan fingerprint density at radius 2 is 1.85 bits per heavy atom. The van der Waals surface area contributed by atoms with Crippen LogP contribution in [0.1, 0.15) is 37.9 Å². The van der Waals surface area contributed by atoms with Crippen molar-refractivity contribution in [2.24, 2.45) is 0 Å². The summed E-state index contributed by atoms with van der Waals surface area (Å²) in [7, 11) is 0. The highest BCUT2D eigenvalue weighted by Crippen LogP contribution is 2.52. The van der Waals surface area contributed by atoms with Gasteiger partial charge in [-0.15, -0.1) is 8.78 Å². The summed E-state index contributed by atoms with van der Waals surface area (Å²) in [4.78, 5) is 36.9. The van der Waals surface area contributed by atoms with Gasteiger partial charge in [-0.3, -0.25) is 9.59 Å². The number of ether oxygens (including phenoxy) is 4. The molecule has 2 fully saturated rings. The minimum atomic E-state index is -3.74. The molecule has 10 nitrogen and oxygen atoms in total. The molecule has 0 radical (unpaired) electrons. The second kappa shape index (κ2) is 8.32. The topological polar surface area (TPSA) is 125 Å². The number of carbonyl (C=O) groups is 3. The van der Waals surface area contributed by atoms with Gasteiger partial charge in [0, 0.05) is 22.3 Å². The van der Waals surface area contributed by atoms with Gasteiger partial charge in [0.1, 0.15) is 12.0 Å². The van der Waals surface area contributed by atoms with Gasteiger partial charge in [-0.25, -0.2) is 4.79 Å². The Morgan fingerprint density at radius 3 is 2.51 bits per heavy atom. The van der Waals surface area contributed by atoms with Crippen molar-refractivity contribution in [3.63, 3.8) is 0 Å². The average molecular weight is 542 g/mol. The van der Waals surface area contributed by atoms with E-state index in [9.17, 15) is 28.3 Å². The molecule has 1 amide bonds. The van der Waals surface area contributed by atoms with Crippen molar-refractivity contribution in [3.8, 4) is 11.5 Å². The van der Waals surface area contributed by atoms with Gasteiger partial charge in [0.15, 0.2) is 17.6 Å². The minimum Gasteiger partial charge on any atom is -0.481 e. The minimum absolute atomic E-state index is 0.0547. The number of fused-ring (bicyclic) bond motifs is 2. The molecular formula is C27H24F2N2O8.